The summed E-state index contributed by atoms with van der Waals surface area (Å²) in [5, 5.41) is 10.7. The van der Waals surface area contributed by atoms with Gasteiger partial charge in [-0.05, 0) is 35.7 Å². The Bertz CT molecular complexity index is 1360. The van der Waals surface area contributed by atoms with E-state index in [1.807, 2.05) is 54.6 Å². The minimum Gasteiger partial charge on any atom is -0.480 e. The maximum absolute atomic E-state index is 13.2. The van der Waals surface area contributed by atoms with Crippen molar-refractivity contribution in [3.8, 4) is 9.88 Å². The second-order valence-corrected chi connectivity index (χ2v) is 11.6. The number of carboxylic acids is 1. The van der Waals surface area contributed by atoms with Crippen LogP contribution in [0.2, 0.25) is 0 Å². The molecule has 0 saturated heterocycles. The van der Waals surface area contributed by atoms with Gasteiger partial charge in [0.2, 0.25) is 0 Å². The molecule has 1 aliphatic carbocycles. The zero-order chi connectivity index (χ0) is 21.8. The molecule has 1 saturated carbocycles. The fourth-order valence-corrected chi connectivity index (χ4v) is 7.91. The van der Waals surface area contributed by atoms with Crippen LogP contribution in [0.25, 0.3) is 20.1 Å². The van der Waals surface area contributed by atoms with Gasteiger partial charge in [0.05, 0.1) is 15.1 Å². The summed E-state index contributed by atoms with van der Waals surface area (Å²) in [5.74, 6) is -1.96. The quantitative estimate of drug-likeness (QED) is 0.431. The molecule has 3 atom stereocenters. The molecule has 9 heteroatoms. The van der Waals surface area contributed by atoms with E-state index in [0.717, 1.165) is 37.0 Å². The molecule has 0 radical (unpaired) electrons. The number of aromatic nitrogens is 1. The summed E-state index contributed by atoms with van der Waals surface area (Å²) in [4.78, 5) is 17.5. The van der Waals surface area contributed by atoms with Crippen LogP contribution in [0.4, 0.5) is 0 Å². The van der Waals surface area contributed by atoms with Crippen molar-refractivity contribution in [3.63, 3.8) is 0 Å². The number of thiophene rings is 1. The van der Waals surface area contributed by atoms with Gasteiger partial charge in [0.15, 0.2) is 0 Å². The zero-order valence-corrected chi connectivity index (χ0v) is 18.8. The van der Waals surface area contributed by atoms with E-state index in [9.17, 15) is 18.3 Å². The summed E-state index contributed by atoms with van der Waals surface area (Å²) in [5.41, 5.74) is 0.113. The number of sulfonamides is 1. The molecule has 6 nitrogen and oxygen atoms in total. The van der Waals surface area contributed by atoms with Gasteiger partial charge in [0.25, 0.3) is 10.0 Å². The third-order valence-corrected chi connectivity index (χ3v) is 10.0. The second kappa shape index (κ2) is 7.23. The van der Waals surface area contributed by atoms with Crippen LogP contribution in [0.1, 0.15) is 18.4 Å². The molecule has 0 aliphatic heterocycles. The lowest BCUT2D eigenvalue weighted by Gasteiger charge is -2.15. The smallest absolute Gasteiger partial charge is 0.325 e. The molecule has 2 N–H and O–H groups in total. The van der Waals surface area contributed by atoms with Gasteiger partial charge in [-0.1, -0.05) is 49.4 Å². The van der Waals surface area contributed by atoms with Crippen LogP contribution in [0, 0.1) is 5.92 Å². The lowest BCUT2D eigenvalue weighted by atomic mass is 10.1. The van der Waals surface area contributed by atoms with Gasteiger partial charge in [-0.2, -0.15) is 4.72 Å². The molecule has 0 amide bonds. The van der Waals surface area contributed by atoms with E-state index in [4.69, 9.17) is 0 Å². The Labute approximate surface area is 187 Å². The Balaban J connectivity index is 1.46. The van der Waals surface area contributed by atoms with Gasteiger partial charge in [0, 0.05) is 5.92 Å². The van der Waals surface area contributed by atoms with Gasteiger partial charge in [0.1, 0.15) is 14.8 Å². The number of thiazole rings is 1. The number of rotatable bonds is 6. The molecule has 4 aromatic rings. The van der Waals surface area contributed by atoms with Crippen molar-refractivity contribution < 1.29 is 18.3 Å². The molecule has 2 aromatic heterocycles. The first-order valence-electron chi connectivity index (χ1n) is 9.61. The number of carbonyl (C=O) groups is 1. The predicted octanol–water partition coefficient (Wildman–Crippen LogP) is 4.56. The molecule has 5 rings (SSSR count). The van der Waals surface area contributed by atoms with Gasteiger partial charge in [-0.15, -0.1) is 22.7 Å². The molecule has 0 bridgehead atoms. The van der Waals surface area contributed by atoms with E-state index in [2.05, 4.69) is 9.71 Å². The van der Waals surface area contributed by atoms with E-state index >= 15 is 0 Å². The Hall–Kier alpha value is -2.59. The van der Waals surface area contributed by atoms with E-state index in [-0.39, 0.29) is 10.1 Å². The molecule has 0 spiro atoms. The first-order valence-corrected chi connectivity index (χ1v) is 12.7. The molecular weight excluding hydrogens is 452 g/mol. The first-order chi connectivity index (χ1) is 14.8. The number of carboxylic acid groups (broad SMARTS) is 1. The Kier molecular flexibility index (Phi) is 4.74. The van der Waals surface area contributed by atoms with Crippen LogP contribution in [0.3, 0.4) is 0 Å². The van der Waals surface area contributed by atoms with Crippen LogP contribution < -0.4 is 4.72 Å². The first kappa shape index (κ1) is 20.3. The number of hydrogen-bond donors (Lipinski definition) is 2. The van der Waals surface area contributed by atoms with Gasteiger partial charge >= 0.3 is 5.97 Å². The third kappa shape index (κ3) is 3.28. The summed E-state index contributed by atoms with van der Waals surface area (Å²) in [6.07, 6.45) is 0. The highest BCUT2D eigenvalue weighted by atomic mass is 32.2. The maximum atomic E-state index is 13.2. The number of nitrogens with zero attached hydrogens (tertiary/aromatic N) is 1. The monoisotopic (exact) mass is 470 g/mol. The highest BCUT2D eigenvalue weighted by Crippen LogP contribution is 2.58. The van der Waals surface area contributed by atoms with Crippen molar-refractivity contribution in [1.29, 1.82) is 0 Å². The summed E-state index contributed by atoms with van der Waals surface area (Å²) in [6.45, 7) is 1.76. The van der Waals surface area contributed by atoms with Crippen molar-refractivity contribution in [3.05, 3.63) is 72.3 Å². The highest BCUT2D eigenvalue weighted by molar-refractivity contribution is 7.91. The normalized spacial score (nSPS) is 23.1. The van der Waals surface area contributed by atoms with Crippen LogP contribution in [0.15, 0.2) is 70.9 Å². The molecular formula is C22H18N2O4S3. The summed E-state index contributed by atoms with van der Waals surface area (Å²) < 4.78 is 29.9. The molecule has 1 fully saturated rings. The van der Waals surface area contributed by atoms with Crippen LogP contribution in [-0.4, -0.2) is 30.0 Å². The van der Waals surface area contributed by atoms with E-state index in [1.54, 1.807) is 13.0 Å². The van der Waals surface area contributed by atoms with Crippen molar-refractivity contribution in [2.75, 3.05) is 0 Å². The van der Waals surface area contributed by atoms with Crippen LogP contribution in [-0.2, 0) is 14.8 Å². The standard InChI is InChI=1S/C22H18N2O4S3/c1-13-19(14-7-3-2-4-8-14)22(13,21(25)26)24-31(27,28)18-12-11-17(29-18)20-23-15-9-5-6-10-16(15)30-20/h2-13,19,24H,1H3,(H,25,26)/t13-,19-,22+/m1/s1. The molecule has 1 aliphatic rings. The lowest BCUT2D eigenvalue weighted by molar-refractivity contribution is -0.140. The van der Waals surface area contributed by atoms with Gasteiger partial charge < -0.3 is 5.11 Å². The Morgan fingerprint density at radius 2 is 1.74 bits per heavy atom. The molecule has 31 heavy (non-hydrogen) atoms. The van der Waals surface area contributed by atoms with E-state index < -0.39 is 27.4 Å². The number of para-hydroxylation sites is 1. The minimum absolute atomic E-state index is 0.0771. The number of benzene rings is 2. The van der Waals surface area contributed by atoms with Crippen molar-refractivity contribution >= 4 is 48.9 Å². The fourth-order valence-electron chi connectivity index (χ4n) is 4.13. The predicted molar refractivity (Wildman–Crippen MR) is 122 cm³/mol. The SMILES string of the molecule is C[C@@H]1[C@H](c2ccccc2)[C@]1(NS(=O)(=O)c1ccc(-c2nc3ccccc3s2)s1)C(=O)O. The molecule has 158 valence electrons. The molecule has 2 heterocycles. The topological polar surface area (TPSA) is 96.4 Å². The number of aliphatic carboxylic acids is 1. The van der Waals surface area contributed by atoms with Crippen molar-refractivity contribution in [2.24, 2.45) is 5.92 Å². The third-order valence-electron chi connectivity index (χ3n) is 5.77. The number of hydrogen-bond acceptors (Lipinski definition) is 6. The number of nitrogens with one attached hydrogen (secondary N) is 1. The Morgan fingerprint density at radius 3 is 2.45 bits per heavy atom. The summed E-state index contributed by atoms with van der Waals surface area (Å²) in [6, 6.07) is 20.1. The highest BCUT2D eigenvalue weighted by Gasteiger charge is 2.70. The molecule has 0 unspecified atom stereocenters. The fraction of sp³-hybridized carbons (Fsp3) is 0.182. The summed E-state index contributed by atoms with van der Waals surface area (Å²) in [7, 11) is -4.03. The van der Waals surface area contributed by atoms with E-state index in [0.29, 0.717) is 0 Å². The largest absolute Gasteiger partial charge is 0.480 e. The minimum atomic E-state index is -4.03. The lowest BCUT2D eigenvalue weighted by Crippen LogP contribution is -2.45. The van der Waals surface area contributed by atoms with Crippen molar-refractivity contribution in [2.45, 2.75) is 22.6 Å². The summed E-state index contributed by atoms with van der Waals surface area (Å²) >= 11 is 2.58. The maximum Gasteiger partial charge on any atom is 0.325 e. The Morgan fingerprint density at radius 1 is 1.03 bits per heavy atom. The average Bonchev–Trinajstić information content (AvgIpc) is 3.16. The number of fused-ring (bicyclic) bond motifs is 1. The van der Waals surface area contributed by atoms with Crippen LogP contribution >= 0.6 is 22.7 Å². The van der Waals surface area contributed by atoms with E-state index in [1.165, 1.54) is 17.4 Å². The average molecular weight is 471 g/mol. The molecule has 2 aromatic carbocycles. The van der Waals surface area contributed by atoms with Crippen molar-refractivity contribution in [1.82, 2.24) is 9.71 Å². The van der Waals surface area contributed by atoms with Crippen LogP contribution in [0.5, 0.6) is 0 Å². The second-order valence-electron chi connectivity index (χ2n) is 7.56. The van der Waals surface area contributed by atoms with Gasteiger partial charge in [-0.25, -0.2) is 13.4 Å². The van der Waals surface area contributed by atoms with Gasteiger partial charge in [-0.3, -0.25) is 4.79 Å². The zero-order valence-electron chi connectivity index (χ0n) is 16.3.